The van der Waals surface area contributed by atoms with Gasteiger partial charge in [0.2, 0.25) is 11.6 Å². The molecule has 0 amide bonds. The normalized spacial score (nSPS) is 16.8. The van der Waals surface area contributed by atoms with Gasteiger partial charge in [-0.05, 0) is 39.0 Å². The number of rotatable bonds is 21. The zero-order valence-corrected chi connectivity index (χ0v) is 21.8. The summed E-state index contributed by atoms with van der Waals surface area (Å²) in [4.78, 5) is 21.6. The van der Waals surface area contributed by atoms with E-state index in [2.05, 4.69) is 28.1 Å². The zero-order valence-electron chi connectivity index (χ0n) is 20.9. The van der Waals surface area contributed by atoms with Gasteiger partial charge in [0.05, 0.1) is 6.04 Å². The highest BCUT2D eigenvalue weighted by atomic mass is 31.2. The Bertz CT molecular complexity index is 627. The van der Waals surface area contributed by atoms with Crippen LogP contribution in [0, 0.1) is 0 Å². The molecule has 0 aliphatic carbocycles. The number of hydrogen-bond acceptors (Lipinski definition) is 9. The fraction of sp³-hybridized carbons (Fsp3) is 0.870. The molecule has 202 valence electrons. The van der Waals surface area contributed by atoms with E-state index in [9.17, 15) is 29.6 Å². The topological polar surface area (TPSA) is 186 Å². The quantitative estimate of drug-likeness (QED) is 0.0578. The van der Waals surface area contributed by atoms with Crippen LogP contribution in [0.5, 0.6) is 0 Å². The Hall–Kier alpha value is -0.840. The average molecular weight is 511 g/mol. The number of hydrogen-bond donors (Lipinski definition) is 6. The minimum Gasteiger partial charge on any atom is -0.371 e. The van der Waals surface area contributed by atoms with Gasteiger partial charge in [0.25, 0.3) is 0 Å². The van der Waals surface area contributed by atoms with Gasteiger partial charge in [-0.25, -0.2) is 9.09 Å². The number of phosphoric ester groups is 1. The molecule has 0 bridgehead atoms. The van der Waals surface area contributed by atoms with Gasteiger partial charge < -0.3 is 31.3 Å². The molecule has 3 atom stereocenters. The summed E-state index contributed by atoms with van der Waals surface area (Å²) in [5, 5.41) is 29.5. The number of phosphoric acid groups is 1. The number of nitrogens with two attached hydrogens (primary N) is 2. The van der Waals surface area contributed by atoms with Crippen molar-refractivity contribution in [3.05, 3.63) is 12.2 Å². The molecule has 8 N–H and O–H groups in total. The number of unbranched alkanes of at least 4 members (excludes halogenated alkanes) is 11. The van der Waals surface area contributed by atoms with Gasteiger partial charge in [0.15, 0.2) is 0 Å². The third-order valence-corrected chi connectivity index (χ3v) is 6.49. The maximum absolute atomic E-state index is 12.1. The Morgan fingerprint density at radius 2 is 1.41 bits per heavy atom. The molecule has 0 fully saturated rings. The molecule has 0 spiro atoms. The van der Waals surface area contributed by atoms with Gasteiger partial charge in [-0.2, -0.15) is 0 Å². The summed E-state index contributed by atoms with van der Waals surface area (Å²) >= 11 is 0. The largest absolute Gasteiger partial charge is 0.532 e. The van der Waals surface area contributed by atoms with Crippen LogP contribution in [-0.2, 0) is 18.4 Å². The van der Waals surface area contributed by atoms with Crippen LogP contribution in [0.15, 0.2) is 12.2 Å². The van der Waals surface area contributed by atoms with Crippen LogP contribution < -0.4 is 11.5 Å². The summed E-state index contributed by atoms with van der Waals surface area (Å²) in [6.07, 6.45) is 18.6. The molecule has 0 aliphatic heterocycles. The van der Waals surface area contributed by atoms with Crippen LogP contribution in [0.3, 0.4) is 0 Å². The fourth-order valence-corrected chi connectivity index (χ4v) is 4.42. The van der Waals surface area contributed by atoms with Crippen molar-refractivity contribution in [2.45, 2.75) is 121 Å². The molecule has 34 heavy (non-hydrogen) atoms. The molecule has 0 aliphatic rings. The second-order valence-electron chi connectivity index (χ2n) is 8.92. The molecule has 0 rings (SSSR count). The van der Waals surface area contributed by atoms with E-state index in [1.165, 1.54) is 38.5 Å². The first-order chi connectivity index (χ1) is 15.9. The van der Waals surface area contributed by atoms with Crippen molar-refractivity contribution in [1.29, 1.82) is 0 Å². The monoisotopic (exact) mass is 510 g/mol. The van der Waals surface area contributed by atoms with E-state index in [1.54, 1.807) is 0 Å². The van der Waals surface area contributed by atoms with E-state index < -0.39 is 38.0 Å². The van der Waals surface area contributed by atoms with E-state index >= 15 is 0 Å². The summed E-state index contributed by atoms with van der Waals surface area (Å²) in [6.45, 7) is 2.41. The van der Waals surface area contributed by atoms with Gasteiger partial charge in [0.1, 0.15) is 0 Å². The van der Waals surface area contributed by atoms with Crippen molar-refractivity contribution in [2.24, 2.45) is 11.5 Å². The summed E-state index contributed by atoms with van der Waals surface area (Å²) in [5.74, 6) is -7.18. The molecule has 0 aromatic heterocycles. The number of aliphatic hydroxyl groups is 3. The number of carbonyl (C=O) groups is 1. The first-order valence-corrected chi connectivity index (χ1v) is 13.9. The van der Waals surface area contributed by atoms with Crippen LogP contribution in [-0.4, -0.2) is 50.3 Å². The Balaban J connectivity index is 4.02. The number of carbonyl (C=O) groups excluding carboxylic acids is 1. The highest BCUT2D eigenvalue weighted by Crippen LogP contribution is 2.49. The molecule has 0 aromatic carbocycles. The molecule has 0 heterocycles. The minimum absolute atomic E-state index is 0.122. The molecule has 0 radical (unpaired) electrons. The molecule has 10 nitrogen and oxygen atoms in total. The summed E-state index contributed by atoms with van der Waals surface area (Å²) < 4.78 is 20.9. The lowest BCUT2D eigenvalue weighted by atomic mass is 10.00. The van der Waals surface area contributed by atoms with E-state index in [1.807, 2.05) is 0 Å². The fourth-order valence-electron chi connectivity index (χ4n) is 3.37. The molecule has 0 saturated heterocycles. The van der Waals surface area contributed by atoms with Crippen molar-refractivity contribution in [3.8, 4) is 0 Å². The molecular weight excluding hydrogens is 463 g/mol. The Kier molecular flexibility index (Phi) is 17.1. The number of allylic oxidation sites excluding steroid dienone is 2. The predicted molar refractivity (Wildman–Crippen MR) is 131 cm³/mol. The second-order valence-corrected chi connectivity index (χ2v) is 10.2. The lowest BCUT2D eigenvalue weighted by molar-refractivity contribution is -0.345. The predicted octanol–water partition coefficient (Wildman–Crippen LogP) is 3.36. The van der Waals surface area contributed by atoms with Crippen molar-refractivity contribution in [2.75, 3.05) is 6.54 Å². The van der Waals surface area contributed by atoms with Gasteiger partial charge in [-0.15, -0.1) is 0 Å². The highest BCUT2D eigenvalue weighted by Gasteiger charge is 2.55. The third kappa shape index (κ3) is 14.5. The van der Waals surface area contributed by atoms with Gasteiger partial charge in [-0.3, -0.25) is 9.69 Å². The molecule has 0 saturated carbocycles. The Morgan fingerprint density at radius 3 is 1.88 bits per heavy atom. The maximum Gasteiger partial charge on any atom is 0.532 e. The van der Waals surface area contributed by atoms with E-state index in [0.717, 1.165) is 38.5 Å². The first-order valence-electron chi connectivity index (χ1n) is 12.4. The molecular formula is C23H47N2O8P. The lowest BCUT2D eigenvalue weighted by Gasteiger charge is -2.40. The van der Waals surface area contributed by atoms with Crippen molar-refractivity contribution < 1.29 is 38.6 Å². The van der Waals surface area contributed by atoms with Crippen molar-refractivity contribution >= 4 is 13.8 Å². The standard InChI is InChI=1S/C23H47N2O8P/c1-3-4-5-6-7-8-9-10-11-12-13-14-15-16-17-18-21(26)32-34(30,31)33-23(29,20(25)19-24)22(2,27)28/h10-11,20,27-29H,3-9,12-19,24-25H2,1-2H3,(H,30,31). The SMILES string of the molecule is CCCCCCCCC=CCCCCCCCC(=O)OP(=O)(O)OC(O)(C(N)CN)C(C)(O)O. The van der Waals surface area contributed by atoms with Crippen LogP contribution in [0.1, 0.15) is 104 Å². The minimum atomic E-state index is -5.19. The first kappa shape index (κ1) is 33.2. The molecule has 0 aromatic rings. The Morgan fingerprint density at radius 1 is 0.941 bits per heavy atom. The van der Waals surface area contributed by atoms with Crippen molar-refractivity contribution in [3.63, 3.8) is 0 Å². The van der Waals surface area contributed by atoms with E-state index in [-0.39, 0.29) is 6.42 Å². The maximum atomic E-state index is 12.1. The zero-order chi connectivity index (χ0) is 26.1. The van der Waals surface area contributed by atoms with Crippen LogP contribution in [0.25, 0.3) is 0 Å². The van der Waals surface area contributed by atoms with Gasteiger partial charge in [0, 0.05) is 13.0 Å². The van der Waals surface area contributed by atoms with E-state index in [0.29, 0.717) is 13.3 Å². The Labute approximate surface area is 204 Å². The summed E-state index contributed by atoms with van der Waals surface area (Å²) in [7, 11) is -5.19. The van der Waals surface area contributed by atoms with Gasteiger partial charge in [-0.1, -0.05) is 70.4 Å². The van der Waals surface area contributed by atoms with Gasteiger partial charge >= 0.3 is 13.8 Å². The average Bonchev–Trinajstić information content (AvgIpc) is 2.74. The highest BCUT2D eigenvalue weighted by molar-refractivity contribution is 7.48. The lowest BCUT2D eigenvalue weighted by Crippen LogP contribution is -2.66. The van der Waals surface area contributed by atoms with Crippen molar-refractivity contribution in [1.82, 2.24) is 0 Å². The summed E-state index contributed by atoms with van der Waals surface area (Å²) in [6, 6.07) is -1.64. The smallest absolute Gasteiger partial charge is 0.371 e. The van der Waals surface area contributed by atoms with Crippen LogP contribution >= 0.6 is 7.82 Å². The summed E-state index contributed by atoms with van der Waals surface area (Å²) in [5.41, 5.74) is 10.8. The second kappa shape index (κ2) is 17.6. The molecule has 11 heteroatoms. The van der Waals surface area contributed by atoms with Crippen LogP contribution in [0.4, 0.5) is 0 Å². The van der Waals surface area contributed by atoms with Crippen LogP contribution in [0.2, 0.25) is 0 Å². The van der Waals surface area contributed by atoms with E-state index in [4.69, 9.17) is 11.5 Å². The third-order valence-electron chi connectivity index (χ3n) is 5.55. The molecule has 3 unspecified atom stereocenters.